The summed E-state index contributed by atoms with van der Waals surface area (Å²) in [7, 11) is 4.03. The van der Waals surface area contributed by atoms with Crippen LogP contribution in [0.5, 0.6) is 0 Å². The Morgan fingerprint density at radius 1 is 1.25 bits per heavy atom. The van der Waals surface area contributed by atoms with Crippen LogP contribution in [0.4, 0.5) is 5.69 Å². The lowest BCUT2D eigenvalue weighted by Gasteiger charge is -2.14. The molecular formula is C18H19N3OS2. The molecular weight excluding hydrogens is 338 g/mol. The average Bonchev–Trinajstić information content (AvgIpc) is 3.18. The molecule has 0 fully saturated rings. The van der Waals surface area contributed by atoms with Crippen molar-refractivity contribution in [2.24, 2.45) is 0 Å². The highest BCUT2D eigenvalue weighted by molar-refractivity contribution is 7.17. The molecule has 3 aromatic rings. The normalized spacial score (nSPS) is 11.0. The summed E-state index contributed by atoms with van der Waals surface area (Å²) in [5, 5.41) is 7.99. The fraction of sp³-hybridized carbons (Fsp3) is 0.222. The third kappa shape index (κ3) is 3.72. The van der Waals surface area contributed by atoms with Gasteiger partial charge in [-0.3, -0.25) is 4.79 Å². The zero-order chi connectivity index (χ0) is 17.1. The van der Waals surface area contributed by atoms with Gasteiger partial charge in [0.15, 0.2) is 0 Å². The van der Waals surface area contributed by atoms with Crippen LogP contribution in [-0.4, -0.2) is 29.9 Å². The van der Waals surface area contributed by atoms with Gasteiger partial charge in [0.25, 0.3) is 5.91 Å². The first-order chi connectivity index (χ1) is 11.5. The van der Waals surface area contributed by atoms with Crippen LogP contribution in [0.25, 0.3) is 10.6 Å². The molecule has 3 rings (SSSR count). The molecule has 0 atom stereocenters. The monoisotopic (exact) mass is 357 g/mol. The van der Waals surface area contributed by atoms with Crippen LogP contribution < -0.4 is 5.32 Å². The molecule has 4 nitrogen and oxygen atoms in total. The lowest BCUT2D eigenvalue weighted by Crippen LogP contribution is -2.16. The largest absolute Gasteiger partial charge is 0.321 e. The number of anilines is 1. The summed E-state index contributed by atoms with van der Waals surface area (Å²) < 4.78 is 0. The highest BCUT2D eigenvalue weighted by Gasteiger charge is 2.17. The smallest absolute Gasteiger partial charge is 0.267 e. The third-order valence-corrected chi connectivity index (χ3v) is 5.41. The number of carbonyl (C=O) groups is 1. The minimum atomic E-state index is -0.0994. The van der Waals surface area contributed by atoms with E-state index in [0.29, 0.717) is 4.88 Å². The fourth-order valence-electron chi connectivity index (χ4n) is 2.42. The van der Waals surface area contributed by atoms with Crippen molar-refractivity contribution in [3.05, 3.63) is 57.2 Å². The Morgan fingerprint density at radius 3 is 2.75 bits per heavy atom. The summed E-state index contributed by atoms with van der Waals surface area (Å²) in [6.07, 6.45) is 0. The number of nitrogens with one attached hydrogen (secondary N) is 1. The average molecular weight is 358 g/mol. The van der Waals surface area contributed by atoms with Crippen molar-refractivity contribution < 1.29 is 4.79 Å². The fourth-order valence-corrected chi connectivity index (χ4v) is 4.09. The Kier molecular flexibility index (Phi) is 5.08. The summed E-state index contributed by atoms with van der Waals surface area (Å²) in [6.45, 7) is 2.66. The first kappa shape index (κ1) is 16.8. The van der Waals surface area contributed by atoms with Crippen molar-refractivity contribution in [3.8, 4) is 10.6 Å². The summed E-state index contributed by atoms with van der Waals surface area (Å²) >= 11 is 3.07. The SMILES string of the molecule is Cc1nc(-c2ccsc2)sc1C(=O)Nc1ccccc1CN(C)C. The topological polar surface area (TPSA) is 45.2 Å². The molecule has 0 spiro atoms. The molecule has 0 radical (unpaired) electrons. The number of benzene rings is 1. The second-order valence-corrected chi connectivity index (χ2v) is 7.57. The molecule has 0 bridgehead atoms. The van der Waals surface area contributed by atoms with Crippen molar-refractivity contribution in [1.29, 1.82) is 0 Å². The van der Waals surface area contributed by atoms with Gasteiger partial charge in [-0.05, 0) is 44.1 Å². The van der Waals surface area contributed by atoms with Gasteiger partial charge in [0.05, 0.1) is 5.69 Å². The van der Waals surface area contributed by atoms with Crippen LogP contribution in [0.15, 0.2) is 41.1 Å². The number of thiazole rings is 1. The zero-order valence-corrected chi connectivity index (χ0v) is 15.5. The van der Waals surface area contributed by atoms with E-state index >= 15 is 0 Å². The molecule has 0 aliphatic rings. The molecule has 0 unspecified atom stereocenters. The van der Waals surface area contributed by atoms with E-state index in [1.807, 2.05) is 62.1 Å². The van der Waals surface area contributed by atoms with Gasteiger partial charge in [-0.1, -0.05) is 18.2 Å². The highest BCUT2D eigenvalue weighted by atomic mass is 32.1. The van der Waals surface area contributed by atoms with Crippen LogP contribution in [0, 0.1) is 6.92 Å². The molecule has 1 N–H and O–H groups in total. The molecule has 0 aliphatic carbocycles. The maximum atomic E-state index is 12.7. The van der Waals surface area contributed by atoms with E-state index in [-0.39, 0.29) is 5.91 Å². The molecule has 124 valence electrons. The Bertz CT molecular complexity index is 838. The Balaban J connectivity index is 1.84. The third-order valence-electron chi connectivity index (χ3n) is 3.52. The van der Waals surface area contributed by atoms with Crippen LogP contribution in [0.2, 0.25) is 0 Å². The summed E-state index contributed by atoms with van der Waals surface area (Å²) in [5.74, 6) is -0.0994. The number of carbonyl (C=O) groups excluding carboxylic acids is 1. The zero-order valence-electron chi connectivity index (χ0n) is 13.9. The second kappa shape index (κ2) is 7.25. The quantitative estimate of drug-likeness (QED) is 0.731. The van der Waals surface area contributed by atoms with Crippen molar-refractivity contribution in [3.63, 3.8) is 0 Å². The minimum Gasteiger partial charge on any atom is -0.321 e. The lowest BCUT2D eigenvalue weighted by molar-refractivity contribution is 0.102. The van der Waals surface area contributed by atoms with E-state index in [1.165, 1.54) is 11.3 Å². The first-order valence-electron chi connectivity index (χ1n) is 7.58. The molecule has 6 heteroatoms. The van der Waals surface area contributed by atoms with E-state index in [9.17, 15) is 4.79 Å². The predicted molar refractivity (Wildman–Crippen MR) is 102 cm³/mol. The Labute approximate surface area is 149 Å². The molecule has 0 aliphatic heterocycles. The second-order valence-electron chi connectivity index (χ2n) is 5.79. The van der Waals surface area contributed by atoms with Gasteiger partial charge in [0, 0.05) is 23.2 Å². The minimum absolute atomic E-state index is 0.0994. The van der Waals surface area contributed by atoms with E-state index in [4.69, 9.17) is 0 Å². The van der Waals surface area contributed by atoms with Gasteiger partial charge in [-0.2, -0.15) is 11.3 Å². The van der Waals surface area contributed by atoms with Gasteiger partial charge in [-0.15, -0.1) is 11.3 Å². The molecule has 24 heavy (non-hydrogen) atoms. The number of nitrogens with zero attached hydrogens (tertiary/aromatic N) is 2. The number of thiophene rings is 1. The van der Waals surface area contributed by atoms with Gasteiger partial charge in [0.1, 0.15) is 9.88 Å². The molecule has 0 saturated heterocycles. The lowest BCUT2D eigenvalue weighted by atomic mass is 10.1. The van der Waals surface area contributed by atoms with Crippen molar-refractivity contribution in [2.45, 2.75) is 13.5 Å². The van der Waals surface area contributed by atoms with Crippen LogP contribution in [0.1, 0.15) is 20.9 Å². The van der Waals surface area contributed by atoms with E-state index < -0.39 is 0 Å². The molecule has 2 aromatic heterocycles. The van der Waals surface area contributed by atoms with Gasteiger partial charge in [-0.25, -0.2) is 4.98 Å². The molecule has 1 amide bonds. The van der Waals surface area contributed by atoms with Gasteiger partial charge >= 0.3 is 0 Å². The number of hydrogen-bond donors (Lipinski definition) is 1. The summed E-state index contributed by atoms with van der Waals surface area (Å²) in [4.78, 5) is 20.0. The number of rotatable bonds is 5. The number of hydrogen-bond acceptors (Lipinski definition) is 5. The van der Waals surface area contributed by atoms with E-state index in [1.54, 1.807) is 11.3 Å². The van der Waals surface area contributed by atoms with Crippen LogP contribution in [-0.2, 0) is 6.54 Å². The number of para-hydroxylation sites is 1. The number of aromatic nitrogens is 1. The van der Waals surface area contributed by atoms with E-state index in [2.05, 4.69) is 15.2 Å². The maximum absolute atomic E-state index is 12.7. The Hall–Kier alpha value is -2.02. The number of amides is 1. The predicted octanol–water partition coefficient (Wildman–Crippen LogP) is 4.49. The van der Waals surface area contributed by atoms with Crippen molar-refractivity contribution >= 4 is 34.3 Å². The first-order valence-corrected chi connectivity index (χ1v) is 9.34. The van der Waals surface area contributed by atoms with Crippen molar-refractivity contribution in [2.75, 3.05) is 19.4 Å². The molecule has 1 aromatic carbocycles. The number of aryl methyl sites for hydroxylation is 1. The summed E-state index contributed by atoms with van der Waals surface area (Å²) in [5.41, 5.74) is 3.78. The maximum Gasteiger partial charge on any atom is 0.267 e. The standard InChI is InChI=1S/C18H19N3OS2/c1-12-16(24-18(19-12)14-8-9-23-11-14)17(22)20-15-7-5-4-6-13(15)10-21(2)3/h4-9,11H,10H2,1-3H3,(H,20,22). The van der Waals surface area contributed by atoms with Crippen LogP contribution in [0.3, 0.4) is 0 Å². The van der Waals surface area contributed by atoms with Crippen molar-refractivity contribution in [1.82, 2.24) is 9.88 Å². The van der Waals surface area contributed by atoms with Gasteiger partial charge < -0.3 is 10.2 Å². The van der Waals surface area contributed by atoms with Gasteiger partial charge in [0.2, 0.25) is 0 Å². The highest BCUT2D eigenvalue weighted by Crippen LogP contribution is 2.30. The molecule has 0 saturated carbocycles. The van der Waals surface area contributed by atoms with Crippen LogP contribution >= 0.6 is 22.7 Å². The van der Waals surface area contributed by atoms with E-state index in [0.717, 1.165) is 34.1 Å². The summed E-state index contributed by atoms with van der Waals surface area (Å²) in [6, 6.07) is 9.92. The Morgan fingerprint density at radius 2 is 2.04 bits per heavy atom. The molecule has 2 heterocycles.